The maximum absolute atomic E-state index is 13.8. The highest BCUT2D eigenvalue weighted by atomic mass is 19.4. The molecule has 1 aromatic carbocycles. The Morgan fingerprint density at radius 2 is 1.67 bits per heavy atom. The van der Waals surface area contributed by atoms with Crippen LogP contribution in [0.4, 0.5) is 27.6 Å². The molecule has 7 heteroatoms. The molecule has 0 spiro atoms. The van der Waals surface area contributed by atoms with Crippen molar-refractivity contribution in [2.45, 2.75) is 26.6 Å². The number of benzene rings is 1. The molecular formula is C14H19F5N2. The zero-order valence-corrected chi connectivity index (χ0v) is 12.2. The molecule has 0 aliphatic heterocycles. The number of alkyl halides is 3. The van der Waals surface area contributed by atoms with Crippen LogP contribution in [-0.2, 0) is 6.54 Å². The average Bonchev–Trinajstić information content (AvgIpc) is 2.24. The average molecular weight is 310 g/mol. The lowest BCUT2D eigenvalue weighted by Gasteiger charge is -2.22. The zero-order chi connectivity index (χ0) is 16.2. The third-order valence-corrected chi connectivity index (χ3v) is 2.76. The molecule has 0 bridgehead atoms. The number of anilines is 1. The van der Waals surface area contributed by atoms with Gasteiger partial charge in [-0.05, 0) is 30.2 Å². The molecule has 0 aliphatic rings. The van der Waals surface area contributed by atoms with Crippen molar-refractivity contribution >= 4 is 5.69 Å². The summed E-state index contributed by atoms with van der Waals surface area (Å²) >= 11 is 0. The Bertz CT molecular complexity index is 448. The molecule has 0 atom stereocenters. The van der Waals surface area contributed by atoms with E-state index in [9.17, 15) is 22.0 Å². The third-order valence-electron chi connectivity index (χ3n) is 2.76. The lowest BCUT2D eigenvalue weighted by Crippen LogP contribution is -2.32. The Hall–Kier alpha value is -1.37. The number of nitrogens with one attached hydrogen (secondary N) is 1. The fourth-order valence-electron chi connectivity index (χ4n) is 1.94. The van der Waals surface area contributed by atoms with Crippen LogP contribution < -0.4 is 10.2 Å². The summed E-state index contributed by atoms with van der Waals surface area (Å²) in [6.07, 6.45) is -4.52. The minimum atomic E-state index is -4.52. The Morgan fingerprint density at radius 3 is 2.10 bits per heavy atom. The Kier molecular flexibility index (Phi) is 5.95. The smallest absolute Gasteiger partial charge is 0.361 e. The first kappa shape index (κ1) is 17.7. The first-order valence-corrected chi connectivity index (χ1v) is 6.56. The second kappa shape index (κ2) is 7.06. The van der Waals surface area contributed by atoms with E-state index in [1.165, 1.54) is 0 Å². The van der Waals surface area contributed by atoms with Gasteiger partial charge in [0.25, 0.3) is 0 Å². The molecule has 0 radical (unpaired) electrons. The highest BCUT2D eigenvalue weighted by Gasteiger charge is 2.31. The minimum absolute atomic E-state index is 0.259. The summed E-state index contributed by atoms with van der Waals surface area (Å²) < 4.78 is 64.5. The van der Waals surface area contributed by atoms with Gasteiger partial charge >= 0.3 is 6.18 Å². The fourth-order valence-corrected chi connectivity index (χ4v) is 1.94. The SMILES string of the molecule is CC(C)CNCc1cc(F)c(N(C)CC(F)(F)F)c(F)c1. The van der Waals surface area contributed by atoms with Crippen molar-refractivity contribution in [3.63, 3.8) is 0 Å². The van der Waals surface area contributed by atoms with E-state index in [1.807, 2.05) is 13.8 Å². The highest BCUT2D eigenvalue weighted by molar-refractivity contribution is 5.50. The maximum Gasteiger partial charge on any atom is 0.405 e. The summed E-state index contributed by atoms with van der Waals surface area (Å²) in [5.41, 5.74) is -0.310. The number of rotatable bonds is 6. The van der Waals surface area contributed by atoms with Gasteiger partial charge < -0.3 is 10.2 Å². The standard InChI is InChI=1S/C14H19F5N2/c1-9(2)6-20-7-10-4-11(15)13(12(16)5-10)21(3)8-14(17,18)19/h4-5,9,20H,6-8H2,1-3H3. The quantitative estimate of drug-likeness (QED) is 0.806. The van der Waals surface area contributed by atoms with E-state index < -0.39 is 30.0 Å². The molecule has 0 saturated carbocycles. The van der Waals surface area contributed by atoms with Crippen molar-refractivity contribution in [1.82, 2.24) is 5.32 Å². The summed E-state index contributed by atoms with van der Waals surface area (Å²) in [5.74, 6) is -1.61. The van der Waals surface area contributed by atoms with Gasteiger partial charge in [-0.1, -0.05) is 13.8 Å². The van der Waals surface area contributed by atoms with Crippen LogP contribution in [0, 0.1) is 17.6 Å². The normalized spacial score (nSPS) is 12.0. The monoisotopic (exact) mass is 310 g/mol. The van der Waals surface area contributed by atoms with Crippen molar-refractivity contribution in [3.8, 4) is 0 Å². The van der Waals surface area contributed by atoms with E-state index in [0.717, 1.165) is 19.2 Å². The summed E-state index contributed by atoms with van der Waals surface area (Å²) in [7, 11) is 1.01. The van der Waals surface area contributed by atoms with Crippen molar-refractivity contribution in [1.29, 1.82) is 0 Å². The van der Waals surface area contributed by atoms with Gasteiger partial charge in [0.2, 0.25) is 0 Å². The number of hydrogen-bond acceptors (Lipinski definition) is 2. The number of hydrogen-bond donors (Lipinski definition) is 1. The highest BCUT2D eigenvalue weighted by Crippen LogP contribution is 2.27. The van der Waals surface area contributed by atoms with E-state index in [0.29, 0.717) is 22.9 Å². The van der Waals surface area contributed by atoms with Gasteiger partial charge in [-0.2, -0.15) is 13.2 Å². The van der Waals surface area contributed by atoms with E-state index in [-0.39, 0.29) is 6.54 Å². The molecule has 120 valence electrons. The summed E-state index contributed by atoms with van der Waals surface area (Å²) in [4.78, 5) is 0.524. The van der Waals surface area contributed by atoms with Crippen molar-refractivity contribution in [3.05, 3.63) is 29.3 Å². The predicted molar refractivity (Wildman–Crippen MR) is 72.2 cm³/mol. The van der Waals surface area contributed by atoms with E-state index in [4.69, 9.17) is 0 Å². The van der Waals surface area contributed by atoms with Crippen LogP contribution in [0.5, 0.6) is 0 Å². The lowest BCUT2D eigenvalue weighted by molar-refractivity contribution is -0.119. The Morgan fingerprint density at radius 1 is 1.14 bits per heavy atom. The van der Waals surface area contributed by atoms with Crippen molar-refractivity contribution in [2.75, 3.05) is 25.0 Å². The summed E-state index contributed by atoms with van der Waals surface area (Å²) in [5, 5.41) is 3.02. The molecule has 21 heavy (non-hydrogen) atoms. The van der Waals surface area contributed by atoms with E-state index in [2.05, 4.69) is 5.32 Å². The maximum atomic E-state index is 13.8. The summed E-state index contributed by atoms with van der Waals surface area (Å²) in [6, 6.07) is 2.11. The van der Waals surface area contributed by atoms with Gasteiger partial charge in [0.05, 0.1) is 0 Å². The molecule has 1 aromatic rings. The molecular weight excluding hydrogens is 291 g/mol. The molecule has 1 rings (SSSR count). The Labute approximate surface area is 120 Å². The second-order valence-electron chi connectivity index (χ2n) is 5.40. The molecule has 1 N–H and O–H groups in total. The van der Waals surface area contributed by atoms with Gasteiger partial charge in [0, 0.05) is 13.6 Å². The second-order valence-corrected chi connectivity index (χ2v) is 5.40. The van der Waals surface area contributed by atoms with Crippen molar-refractivity contribution in [2.24, 2.45) is 5.92 Å². The summed E-state index contributed by atoms with van der Waals surface area (Å²) in [6.45, 7) is 3.51. The van der Waals surface area contributed by atoms with Crippen LogP contribution in [0.25, 0.3) is 0 Å². The van der Waals surface area contributed by atoms with Crippen LogP contribution >= 0.6 is 0 Å². The molecule has 0 heterocycles. The van der Waals surface area contributed by atoms with Gasteiger partial charge in [0.15, 0.2) is 0 Å². The molecule has 0 unspecified atom stereocenters. The molecule has 0 aromatic heterocycles. The first-order chi connectivity index (χ1) is 9.60. The fraction of sp³-hybridized carbons (Fsp3) is 0.571. The van der Waals surface area contributed by atoms with Crippen LogP contribution in [0.2, 0.25) is 0 Å². The molecule has 0 fully saturated rings. The minimum Gasteiger partial charge on any atom is -0.361 e. The van der Waals surface area contributed by atoms with Crippen LogP contribution in [0.15, 0.2) is 12.1 Å². The molecule has 0 amide bonds. The zero-order valence-electron chi connectivity index (χ0n) is 12.2. The van der Waals surface area contributed by atoms with E-state index in [1.54, 1.807) is 0 Å². The molecule has 0 aliphatic carbocycles. The van der Waals surface area contributed by atoms with Crippen molar-refractivity contribution < 1.29 is 22.0 Å². The largest absolute Gasteiger partial charge is 0.405 e. The van der Waals surface area contributed by atoms with Crippen LogP contribution in [0.1, 0.15) is 19.4 Å². The lowest BCUT2D eigenvalue weighted by atomic mass is 10.1. The van der Waals surface area contributed by atoms with Crippen LogP contribution in [-0.4, -0.2) is 26.3 Å². The number of nitrogens with zero attached hydrogens (tertiary/aromatic N) is 1. The third kappa shape index (κ3) is 5.87. The van der Waals surface area contributed by atoms with Gasteiger partial charge in [-0.15, -0.1) is 0 Å². The topological polar surface area (TPSA) is 15.3 Å². The first-order valence-electron chi connectivity index (χ1n) is 6.56. The molecule has 0 saturated heterocycles. The predicted octanol–water partition coefficient (Wildman–Crippen LogP) is 3.71. The van der Waals surface area contributed by atoms with E-state index >= 15 is 0 Å². The van der Waals surface area contributed by atoms with Crippen LogP contribution in [0.3, 0.4) is 0 Å². The number of halogens is 5. The molecule has 2 nitrogen and oxygen atoms in total. The van der Waals surface area contributed by atoms with Gasteiger partial charge in [-0.25, -0.2) is 8.78 Å². The van der Waals surface area contributed by atoms with Gasteiger partial charge in [-0.3, -0.25) is 0 Å². The Balaban J connectivity index is 2.84. The van der Waals surface area contributed by atoms with Gasteiger partial charge in [0.1, 0.15) is 23.9 Å².